The Hall–Kier alpha value is -0.620. The van der Waals surface area contributed by atoms with Gasteiger partial charge in [0.25, 0.3) is 0 Å². The highest BCUT2D eigenvalue weighted by molar-refractivity contribution is 9.10. The van der Waals surface area contributed by atoms with Gasteiger partial charge in [0, 0.05) is 17.6 Å². The minimum absolute atomic E-state index is 0.168. The summed E-state index contributed by atoms with van der Waals surface area (Å²) in [5.74, 6) is -0.168. The van der Waals surface area contributed by atoms with Gasteiger partial charge in [-0.15, -0.1) is 0 Å². The molecule has 1 aromatic carbocycles. The van der Waals surface area contributed by atoms with Crippen LogP contribution in [0.2, 0.25) is 5.02 Å². The molecule has 1 amide bonds. The fourth-order valence-corrected chi connectivity index (χ4v) is 1.97. The molecule has 6 heteroatoms. The summed E-state index contributed by atoms with van der Waals surface area (Å²) in [5, 5.41) is 3.23. The summed E-state index contributed by atoms with van der Waals surface area (Å²) in [5.41, 5.74) is 6.09. The Morgan fingerprint density at radius 2 is 2.33 bits per heavy atom. The number of amides is 1. The zero-order valence-corrected chi connectivity index (χ0v) is 12.4. The molecule has 100 valence electrons. The molecule has 0 bridgehead atoms. The van der Waals surface area contributed by atoms with Gasteiger partial charge in [-0.25, -0.2) is 0 Å². The van der Waals surface area contributed by atoms with E-state index in [4.69, 9.17) is 22.1 Å². The van der Waals surface area contributed by atoms with Gasteiger partial charge in [0.2, 0.25) is 5.91 Å². The Morgan fingerprint density at radius 3 is 2.94 bits per heavy atom. The van der Waals surface area contributed by atoms with E-state index in [1.54, 1.807) is 18.2 Å². The molecule has 0 aromatic heterocycles. The van der Waals surface area contributed by atoms with Crippen molar-refractivity contribution in [2.45, 2.75) is 19.4 Å². The molecule has 1 aromatic rings. The van der Waals surface area contributed by atoms with Crippen LogP contribution in [0.5, 0.6) is 0 Å². The van der Waals surface area contributed by atoms with E-state index in [-0.39, 0.29) is 18.4 Å². The average molecular weight is 336 g/mol. The molecular formula is C12H16BrClN2O2. The van der Waals surface area contributed by atoms with E-state index in [1.807, 2.05) is 6.92 Å². The van der Waals surface area contributed by atoms with E-state index in [1.165, 1.54) is 0 Å². The maximum Gasteiger partial charge on any atom is 0.227 e. The van der Waals surface area contributed by atoms with Crippen molar-refractivity contribution < 1.29 is 9.53 Å². The molecule has 0 saturated carbocycles. The molecule has 18 heavy (non-hydrogen) atoms. The number of anilines is 1. The Morgan fingerprint density at radius 1 is 1.61 bits per heavy atom. The first-order valence-electron chi connectivity index (χ1n) is 5.63. The third-order valence-electron chi connectivity index (χ3n) is 2.28. The number of hydrogen-bond donors (Lipinski definition) is 2. The van der Waals surface area contributed by atoms with Crippen LogP contribution in [0.3, 0.4) is 0 Å². The number of hydrogen-bond acceptors (Lipinski definition) is 3. The Bertz CT molecular complexity index is 415. The van der Waals surface area contributed by atoms with Crippen molar-refractivity contribution in [1.29, 1.82) is 0 Å². The summed E-state index contributed by atoms with van der Waals surface area (Å²) >= 11 is 9.30. The van der Waals surface area contributed by atoms with E-state index >= 15 is 0 Å². The topological polar surface area (TPSA) is 64.3 Å². The van der Waals surface area contributed by atoms with E-state index in [0.29, 0.717) is 23.9 Å². The lowest BCUT2D eigenvalue weighted by molar-refractivity contribution is -0.118. The van der Waals surface area contributed by atoms with E-state index in [0.717, 1.165) is 4.47 Å². The molecule has 1 atom stereocenters. The summed E-state index contributed by atoms with van der Waals surface area (Å²) in [6.07, 6.45) is -0.0476. The summed E-state index contributed by atoms with van der Waals surface area (Å²) in [6, 6.07) is 5.27. The van der Waals surface area contributed by atoms with Gasteiger partial charge in [-0.1, -0.05) is 27.5 Å². The summed E-state index contributed by atoms with van der Waals surface area (Å²) in [7, 11) is 0. The van der Waals surface area contributed by atoms with Crippen LogP contribution in [-0.4, -0.2) is 25.2 Å². The zero-order valence-electron chi connectivity index (χ0n) is 10.1. The van der Waals surface area contributed by atoms with E-state index < -0.39 is 0 Å². The van der Waals surface area contributed by atoms with E-state index in [2.05, 4.69) is 21.2 Å². The fourth-order valence-electron chi connectivity index (χ4n) is 1.45. The van der Waals surface area contributed by atoms with Crippen LogP contribution in [-0.2, 0) is 9.53 Å². The second-order valence-corrected chi connectivity index (χ2v) is 5.01. The SMILES string of the molecule is CCOC(CN)CC(=O)Nc1cc(Br)ccc1Cl. The molecule has 0 radical (unpaired) electrons. The van der Waals surface area contributed by atoms with Crippen LogP contribution in [0, 0.1) is 0 Å². The van der Waals surface area contributed by atoms with Gasteiger partial charge >= 0.3 is 0 Å². The van der Waals surface area contributed by atoms with Crippen molar-refractivity contribution in [3.63, 3.8) is 0 Å². The third-order valence-corrected chi connectivity index (χ3v) is 3.10. The monoisotopic (exact) mass is 334 g/mol. The number of carbonyl (C=O) groups is 1. The summed E-state index contributed by atoms with van der Waals surface area (Å²) in [4.78, 5) is 11.8. The number of benzene rings is 1. The van der Waals surface area contributed by atoms with Gasteiger partial charge in [-0.3, -0.25) is 4.79 Å². The highest BCUT2D eigenvalue weighted by Gasteiger charge is 2.13. The maximum absolute atomic E-state index is 11.8. The van der Waals surface area contributed by atoms with Crippen LogP contribution >= 0.6 is 27.5 Å². The lowest BCUT2D eigenvalue weighted by Crippen LogP contribution is -2.29. The van der Waals surface area contributed by atoms with Gasteiger partial charge in [0.05, 0.1) is 23.2 Å². The van der Waals surface area contributed by atoms with Crippen molar-refractivity contribution >= 4 is 39.1 Å². The highest BCUT2D eigenvalue weighted by Crippen LogP contribution is 2.25. The zero-order chi connectivity index (χ0) is 13.5. The largest absolute Gasteiger partial charge is 0.377 e. The van der Waals surface area contributed by atoms with Crippen LogP contribution in [0.4, 0.5) is 5.69 Å². The Kier molecular flexibility index (Phi) is 6.63. The second kappa shape index (κ2) is 7.74. The molecular weight excluding hydrogens is 320 g/mol. The summed E-state index contributed by atoms with van der Waals surface area (Å²) in [6.45, 7) is 2.71. The predicted molar refractivity (Wildman–Crippen MR) is 76.9 cm³/mol. The van der Waals surface area contributed by atoms with Crippen molar-refractivity contribution in [2.75, 3.05) is 18.5 Å². The number of carbonyl (C=O) groups excluding carboxylic acids is 1. The van der Waals surface area contributed by atoms with Gasteiger partial charge in [0.15, 0.2) is 0 Å². The van der Waals surface area contributed by atoms with Crippen LogP contribution in [0.25, 0.3) is 0 Å². The summed E-state index contributed by atoms with van der Waals surface area (Å²) < 4.78 is 6.17. The minimum atomic E-state index is -0.263. The van der Waals surface area contributed by atoms with Crippen LogP contribution < -0.4 is 11.1 Å². The lowest BCUT2D eigenvalue weighted by atomic mass is 10.2. The molecule has 3 N–H and O–H groups in total. The maximum atomic E-state index is 11.8. The highest BCUT2D eigenvalue weighted by atomic mass is 79.9. The number of nitrogens with two attached hydrogens (primary N) is 1. The minimum Gasteiger partial charge on any atom is -0.377 e. The van der Waals surface area contributed by atoms with Gasteiger partial charge in [-0.2, -0.15) is 0 Å². The first-order valence-corrected chi connectivity index (χ1v) is 6.80. The Balaban J connectivity index is 2.61. The smallest absolute Gasteiger partial charge is 0.227 e. The van der Waals surface area contributed by atoms with E-state index in [9.17, 15) is 4.79 Å². The molecule has 0 aliphatic rings. The van der Waals surface area contributed by atoms with Crippen molar-refractivity contribution in [3.05, 3.63) is 27.7 Å². The van der Waals surface area contributed by atoms with Crippen molar-refractivity contribution in [3.8, 4) is 0 Å². The number of halogens is 2. The molecule has 0 aliphatic heterocycles. The molecule has 4 nitrogen and oxygen atoms in total. The van der Waals surface area contributed by atoms with Gasteiger partial charge in [0.1, 0.15) is 0 Å². The Labute approximate surface area is 120 Å². The van der Waals surface area contributed by atoms with Crippen LogP contribution in [0.1, 0.15) is 13.3 Å². The molecule has 0 fully saturated rings. The molecule has 1 unspecified atom stereocenters. The van der Waals surface area contributed by atoms with Gasteiger partial charge in [-0.05, 0) is 25.1 Å². The second-order valence-electron chi connectivity index (χ2n) is 3.69. The standard InChI is InChI=1S/C12H16BrClN2O2/c1-2-18-9(7-15)6-12(17)16-11-5-8(13)3-4-10(11)14/h3-5,9H,2,6-7,15H2,1H3,(H,16,17). The molecule has 0 heterocycles. The molecule has 0 saturated heterocycles. The molecule has 1 rings (SSSR count). The lowest BCUT2D eigenvalue weighted by Gasteiger charge is -2.15. The first kappa shape index (κ1) is 15.4. The quantitative estimate of drug-likeness (QED) is 0.840. The third kappa shape index (κ3) is 4.94. The first-order chi connectivity index (χ1) is 8.56. The molecule has 0 aliphatic carbocycles. The predicted octanol–water partition coefficient (Wildman–Crippen LogP) is 2.79. The van der Waals surface area contributed by atoms with Crippen molar-refractivity contribution in [2.24, 2.45) is 5.73 Å². The molecule has 0 spiro atoms. The average Bonchev–Trinajstić information content (AvgIpc) is 2.33. The fraction of sp³-hybridized carbons (Fsp3) is 0.417. The van der Waals surface area contributed by atoms with Crippen LogP contribution in [0.15, 0.2) is 22.7 Å². The number of rotatable bonds is 6. The number of nitrogens with one attached hydrogen (secondary N) is 1. The normalized spacial score (nSPS) is 12.2. The van der Waals surface area contributed by atoms with Gasteiger partial charge < -0.3 is 15.8 Å². The van der Waals surface area contributed by atoms with Crippen molar-refractivity contribution in [1.82, 2.24) is 0 Å². The number of ether oxygens (including phenoxy) is 1.